The van der Waals surface area contributed by atoms with Gasteiger partial charge in [0.2, 0.25) is 0 Å². The molecule has 2 rings (SSSR count). The van der Waals surface area contributed by atoms with E-state index in [0.29, 0.717) is 5.56 Å². The average molecular weight is 254 g/mol. The molecule has 0 spiro atoms. The van der Waals surface area contributed by atoms with E-state index < -0.39 is 0 Å². The van der Waals surface area contributed by atoms with Gasteiger partial charge in [-0.05, 0) is 21.5 Å². The molecule has 1 aromatic carbocycles. The van der Waals surface area contributed by atoms with Gasteiger partial charge >= 0.3 is 0 Å². The Hall–Kier alpha value is -1.16. The minimum absolute atomic E-state index is 0.0231. The third-order valence-electron chi connectivity index (χ3n) is 2.08. The second-order valence-corrected chi connectivity index (χ2v) is 3.97. The second-order valence-electron chi connectivity index (χ2n) is 3.05. The lowest BCUT2D eigenvalue weighted by Crippen LogP contribution is -1.96. The Morgan fingerprint density at radius 1 is 1.43 bits per heavy atom. The quantitative estimate of drug-likeness (QED) is 0.761. The molecule has 0 aromatic heterocycles. The van der Waals surface area contributed by atoms with Gasteiger partial charge in [0.1, 0.15) is 10.9 Å². The van der Waals surface area contributed by atoms with Crippen molar-refractivity contribution in [2.24, 2.45) is 5.16 Å². The predicted octanol–water partition coefficient (Wildman–Crippen LogP) is 2.67. The zero-order chi connectivity index (χ0) is 9.97. The minimum atomic E-state index is -0.0231. The fraction of sp³-hybridized carbons (Fsp3) is 0.200. The topological polar surface area (TPSA) is 38.7 Å². The van der Waals surface area contributed by atoms with Crippen LogP contribution in [0.3, 0.4) is 0 Å². The summed E-state index contributed by atoms with van der Waals surface area (Å²) in [7, 11) is 0. The fourth-order valence-electron chi connectivity index (χ4n) is 1.32. The van der Waals surface area contributed by atoms with Crippen molar-refractivity contribution in [1.82, 2.24) is 0 Å². The molecule has 0 radical (unpaired) electrons. The highest BCUT2D eigenvalue weighted by atomic mass is 79.9. The van der Waals surface area contributed by atoms with Gasteiger partial charge in [-0.1, -0.05) is 29.4 Å². The maximum absolute atomic E-state index is 10.4. The normalized spacial score (nSPS) is 20.1. The molecule has 14 heavy (non-hydrogen) atoms. The van der Waals surface area contributed by atoms with Crippen LogP contribution in [0.1, 0.15) is 28.4 Å². The molecular formula is C10H8BrNO2. The van der Waals surface area contributed by atoms with Gasteiger partial charge in [-0.25, -0.2) is 0 Å². The minimum Gasteiger partial charge on any atom is -0.386 e. The van der Waals surface area contributed by atoms with E-state index in [2.05, 4.69) is 21.1 Å². The van der Waals surface area contributed by atoms with E-state index >= 15 is 0 Å². The first-order valence-electron chi connectivity index (χ1n) is 4.23. The summed E-state index contributed by atoms with van der Waals surface area (Å²) in [5.74, 6) is 0. The number of aldehydes is 1. The fourth-order valence-corrected chi connectivity index (χ4v) is 1.69. The number of rotatable bonds is 2. The summed E-state index contributed by atoms with van der Waals surface area (Å²) in [6.45, 7) is 0. The van der Waals surface area contributed by atoms with Crippen LogP contribution in [0.4, 0.5) is 0 Å². The van der Waals surface area contributed by atoms with Crippen molar-refractivity contribution in [2.75, 3.05) is 0 Å². The lowest BCUT2D eigenvalue weighted by molar-refractivity contribution is 0.0857. The summed E-state index contributed by atoms with van der Waals surface area (Å²) in [5, 5.41) is 3.80. The number of oxime groups is 1. The Kier molecular flexibility index (Phi) is 2.63. The SMILES string of the molecule is O=Cc1ccc([C@H]2CC(Br)=NO2)cc1. The Labute approximate surface area is 89.9 Å². The molecule has 0 unspecified atom stereocenters. The third kappa shape index (κ3) is 1.85. The molecule has 0 bridgehead atoms. The zero-order valence-electron chi connectivity index (χ0n) is 7.31. The van der Waals surface area contributed by atoms with Gasteiger partial charge in [-0.3, -0.25) is 4.79 Å². The highest BCUT2D eigenvalue weighted by Gasteiger charge is 2.20. The van der Waals surface area contributed by atoms with Crippen LogP contribution in [0.5, 0.6) is 0 Å². The van der Waals surface area contributed by atoms with Crippen LogP contribution >= 0.6 is 15.9 Å². The van der Waals surface area contributed by atoms with Crippen LogP contribution in [0, 0.1) is 0 Å². The van der Waals surface area contributed by atoms with Gasteiger partial charge in [0.25, 0.3) is 0 Å². The molecule has 0 saturated heterocycles. The van der Waals surface area contributed by atoms with Crippen LogP contribution in [0.15, 0.2) is 29.4 Å². The molecule has 0 N–H and O–H groups in total. The molecule has 1 aromatic rings. The van der Waals surface area contributed by atoms with Crippen molar-refractivity contribution in [3.63, 3.8) is 0 Å². The van der Waals surface area contributed by atoms with Crippen LogP contribution in [0.2, 0.25) is 0 Å². The van der Waals surface area contributed by atoms with Crippen molar-refractivity contribution >= 4 is 26.8 Å². The largest absolute Gasteiger partial charge is 0.386 e. The first-order valence-corrected chi connectivity index (χ1v) is 5.02. The van der Waals surface area contributed by atoms with Crippen LogP contribution in [-0.2, 0) is 4.84 Å². The van der Waals surface area contributed by atoms with E-state index in [9.17, 15) is 4.79 Å². The summed E-state index contributed by atoms with van der Waals surface area (Å²) in [5.41, 5.74) is 1.71. The molecule has 0 aliphatic carbocycles. The molecular weight excluding hydrogens is 246 g/mol. The number of carbonyl (C=O) groups excluding carboxylic acids is 1. The van der Waals surface area contributed by atoms with Crippen LogP contribution in [-0.4, -0.2) is 10.9 Å². The van der Waals surface area contributed by atoms with Crippen molar-refractivity contribution < 1.29 is 9.63 Å². The molecule has 0 fully saturated rings. The van der Waals surface area contributed by atoms with Crippen molar-refractivity contribution in [1.29, 1.82) is 0 Å². The number of benzene rings is 1. The first-order chi connectivity index (χ1) is 6.79. The lowest BCUT2D eigenvalue weighted by Gasteiger charge is -2.07. The molecule has 1 aliphatic rings. The molecule has 1 aliphatic heterocycles. The summed E-state index contributed by atoms with van der Waals surface area (Å²) >= 11 is 3.27. The van der Waals surface area contributed by atoms with E-state index in [1.54, 1.807) is 12.1 Å². The van der Waals surface area contributed by atoms with Gasteiger partial charge in [-0.15, -0.1) is 0 Å². The van der Waals surface area contributed by atoms with Crippen molar-refractivity contribution in [3.05, 3.63) is 35.4 Å². The van der Waals surface area contributed by atoms with E-state index in [0.717, 1.165) is 22.9 Å². The maximum atomic E-state index is 10.4. The number of nitrogens with zero attached hydrogens (tertiary/aromatic N) is 1. The number of halogens is 1. The van der Waals surface area contributed by atoms with Gasteiger partial charge in [0, 0.05) is 12.0 Å². The Morgan fingerprint density at radius 3 is 2.64 bits per heavy atom. The zero-order valence-corrected chi connectivity index (χ0v) is 8.90. The summed E-state index contributed by atoms with van der Waals surface area (Å²) in [4.78, 5) is 15.6. The van der Waals surface area contributed by atoms with Gasteiger partial charge in [0.05, 0.1) is 0 Å². The molecule has 1 atom stereocenters. The molecule has 3 nitrogen and oxygen atoms in total. The third-order valence-corrected chi connectivity index (χ3v) is 2.55. The highest BCUT2D eigenvalue weighted by Crippen LogP contribution is 2.28. The molecule has 0 amide bonds. The smallest absolute Gasteiger partial charge is 0.158 e. The number of hydrogen-bond donors (Lipinski definition) is 0. The van der Waals surface area contributed by atoms with Crippen molar-refractivity contribution in [2.45, 2.75) is 12.5 Å². The van der Waals surface area contributed by atoms with E-state index in [1.807, 2.05) is 12.1 Å². The predicted molar refractivity (Wildman–Crippen MR) is 56.6 cm³/mol. The first kappa shape index (κ1) is 9.40. The summed E-state index contributed by atoms with van der Waals surface area (Å²) in [6.07, 6.45) is 1.55. The van der Waals surface area contributed by atoms with Gasteiger partial charge in [-0.2, -0.15) is 0 Å². The monoisotopic (exact) mass is 253 g/mol. The average Bonchev–Trinajstić information content (AvgIpc) is 2.65. The number of carbonyl (C=O) groups is 1. The van der Waals surface area contributed by atoms with E-state index in [1.165, 1.54) is 0 Å². The van der Waals surface area contributed by atoms with Gasteiger partial charge < -0.3 is 4.84 Å². The Bertz CT molecular complexity index is 372. The second kappa shape index (κ2) is 3.92. The highest BCUT2D eigenvalue weighted by molar-refractivity contribution is 9.18. The standard InChI is InChI=1S/C10H8BrNO2/c11-10-5-9(14-12-10)8-3-1-7(6-13)2-4-8/h1-4,6,9H,5H2/t9-/m1/s1. The van der Waals surface area contributed by atoms with Crippen LogP contribution in [0.25, 0.3) is 0 Å². The van der Waals surface area contributed by atoms with Gasteiger partial charge in [0.15, 0.2) is 6.10 Å². The van der Waals surface area contributed by atoms with Crippen molar-refractivity contribution in [3.8, 4) is 0 Å². The maximum Gasteiger partial charge on any atom is 0.158 e. The Balaban J connectivity index is 2.14. The summed E-state index contributed by atoms with van der Waals surface area (Å²) < 4.78 is 0.821. The van der Waals surface area contributed by atoms with E-state index in [-0.39, 0.29) is 6.10 Å². The van der Waals surface area contributed by atoms with E-state index in [4.69, 9.17) is 4.84 Å². The number of hydrogen-bond acceptors (Lipinski definition) is 3. The van der Waals surface area contributed by atoms with Crippen LogP contribution < -0.4 is 0 Å². The molecule has 0 saturated carbocycles. The molecule has 4 heteroatoms. The Morgan fingerprint density at radius 2 is 2.14 bits per heavy atom. The molecule has 1 heterocycles. The summed E-state index contributed by atoms with van der Waals surface area (Å²) in [6, 6.07) is 7.32. The molecule has 72 valence electrons. The lowest BCUT2D eigenvalue weighted by atomic mass is 10.1.